The number of alkyl halides is 3. The molecule has 0 amide bonds. The fourth-order valence-electron chi connectivity index (χ4n) is 3.31. The highest BCUT2D eigenvalue weighted by Crippen LogP contribution is 2.34. The van der Waals surface area contributed by atoms with Crippen LogP contribution in [0.4, 0.5) is 13.2 Å². The number of ether oxygens (including phenoxy) is 1. The summed E-state index contributed by atoms with van der Waals surface area (Å²) < 4.78 is 44.2. The van der Waals surface area contributed by atoms with E-state index < -0.39 is 17.6 Å². The predicted molar refractivity (Wildman–Crippen MR) is 108 cm³/mol. The van der Waals surface area contributed by atoms with Crippen molar-refractivity contribution in [1.82, 2.24) is 20.5 Å². The van der Waals surface area contributed by atoms with E-state index in [-0.39, 0.29) is 13.2 Å². The molecular formula is C20H32F3N5O. The summed E-state index contributed by atoms with van der Waals surface area (Å²) in [5.74, 6) is 0.913. The first kappa shape index (κ1) is 23.3. The van der Waals surface area contributed by atoms with Crippen LogP contribution in [0.15, 0.2) is 23.3 Å². The number of hydrogen-bond acceptors (Lipinski definition) is 4. The number of aromatic nitrogens is 1. The van der Waals surface area contributed by atoms with Crippen LogP contribution in [0.5, 0.6) is 5.88 Å². The van der Waals surface area contributed by atoms with E-state index in [1.165, 1.54) is 12.3 Å². The minimum absolute atomic E-state index is 0.0174. The normalized spacial score (nSPS) is 16.9. The van der Waals surface area contributed by atoms with E-state index >= 15 is 0 Å². The average Bonchev–Trinajstić information content (AvgIpc) is 2.66. The molecule has 0 atom stereocenters. The second-order valence-corrected chi connectivity index (χ2v) is 7.58. The zero-order valence-corrected chi connectivity index (χ0v) is 17.4. The quantitative estimate of drug-likeness (QED) is 0.388. The SMILES string of the molecule is CCNC(=NCCOc1ncccc1C(F)(F)F)NC1CCN(CC(C)C)CC1. The minimum atomic E-state index is -4.49. The second-order valence-electron chi connectivity index (χ2n) is 7.58. The Morgan fingerprint density at radius 3 is 2.69 bits per heavy atom. The number of pyridine rings is 1. The van der Waals surface area contributed by atoms with Crippen molar-refractivity contribution in [2.24, 2.45) is 10.9 Å². The summed E-state index contributed by atoms with van der Waals surface area (Å²) in [6.45, 7) is 10.6. The van der Waals surface area contributed by atoms with Gasteiger partial charge in [-0.15, -0.1) is 0 Å². The van der Waals surface area contributed by atoms with Crippen LogP contribution in [-0.4, -0.2) is 61.2 Å². The molecule has 1 aromatic rings. The van der Waals surface area contributed by atoms with E-state index in [1.807, 2.05) is 6.92 Å². The topological polar surface area (TPSA) is 61.8 Å². The third kappa shape index (κ3) is 8.08. The van der Waals surface area contributed by atoms with Gasteiger partial charge in [0.2, 0.25) is 5.88 Å². The Morgan fingerprint density at radius 1 is 1.34 bits per heavy atom. The molecule has 0 spiro atoms. The Morgan fingerprint density at radius 2 is 2.07 bits per heavy atom. The molecule has 164 valence electrons. The number of halogens is 3. The third-order valence-electron chi connectivity index (χ3n) is 4.57. The molecule has 2 N–H and O–H groups in total. The fourth-order valence-corrected chi connectivity index (χ4v) is 3.31. The first-order chi connectivity index (χ1) is 13.8. The Balaban J connectivity index is 1.83. The van der Waals surface area contributed by atoms with Gasteiger partial charge in [-0.2, -0.15) is 13.2 Å². The number of guanidine groups is 1. The number of aliphatic imine (C=N–C) groups is 1. The summed E-state index contributed by atoms with van der Waals surface area (Å²) in [5.41, 5.74) is -0.873. The molecule has 0 aliphatic carbocycles. The molecule has 6 nitrogen and oxygen atoms in total. The molecule has 9 heteroatoms. The average molecular weight is 416 g/mol. The Hall–Kier alpha value is -2.03. The van der Waals surface area contributed by atoms with E-state index in [9.17, 15) is 13.2 Å². The maximum absolute atomic E-state index is 13.0. The van der Waals surface area contributed by atoms with Crippen LogP contribution >= 0.6 is 0 Å². The van der Waals surface area contributed by atoms with E-state index in [0.29, 0.717) is 24.5 Å². The van der Waals surface area contributed by atoms with E-state index in [2.05, 4.69) is 39.4 Å². The zero-order valence-electron chi connectivity index (χ0n) is 17.4. The molecule has 1 saturated heterocycles. The molecule has 0 aromatic carbocycles. The van der Waals surface area contributed by atoms with Gasteiger partial charge in [-0.1, -0.05) is 13.8 Å². The van der Waals surface area contributed by atoms with Crippen LogP contribution in [0.1, 0.15) is 39.2 Å². The number of hydrogen-bond donors (Lipinski definition) is 2. The van der Waals surface area contributed by atoms with Gasteiger partial charge < -0.3 is 20.3 Å². The van der Waals surface area contributed by atoms with Gasteiger partial charge in [-0.3, -0.25) is 0 Å². The molecular weight excluding hydrogens is 383 g/mol. The molecule has 1 aliphatic heterocycles. The number of nitrogens with zero attached hydrogens (tertiary/aromatic N) is 3. The molecule has 0 saturated carbocycles. The summed E-state index contributed by atoms with van der Waals surface area (Å²) in [4.78, 5) is 10.6. The van der Waals surface area contributed by atoms with Crippen molar-refractivity contribution in [2.75, 3.05) is 39.3 Å². The van der Waals surface area contributed by atoms with Gasteiger partial charge in [0.25, 0.3) is 0 Å². The summed E-state index contributed by atoms with van der Waals surface area (Å²) in [6.07, 6.45) is -1.13. The van der Waals surface area contributed by atoms with Gasteiger partial charge in [0, 0.05) is 38.4 Å². The summed E-state index contributed by atoms with van der Waals surface area (Å²) in [5, 5.41) is 6.61. The van der Waals surface area contributed by atoms with Crippen LogP contribution < -0.4 is 15.4 Å². The van der Waals surface area contributed by atoms with E-state index in [1.54, 1.807) is 0 Å². The summed E-state index contributed by atoms with van der Waals surface area (Å²) in [7, 11) is 0. The molecule has 2 heterocycles. The standard InChI is InChI=1S/C20H32F3N5O/c1-4-24-19(27-16-7-11-28(12-8-16)14-15(2)3)26-10-13-29-18-17(20(21,22)23)6-5-9-25-18/h5-6,9,15-16H,4,7-8,10-14H2,1-3H3,(H2,24,26,27). The van der Waals surface area contributed by atoms with Gasteiger partial charge in [0.05, 0.1) is 6.54 Å². The Labute approximate surface area is 170 Å². The largest absolute Gasteiger partial charge is 0.475 e. The number of likely N-dealkylation sites (tertiary alicyclic amines) is 1. The summed E-state index contributed by atoms with van der Waals surface area (Å²) in [6, 6.07) is 2.54. The van der Waals surface area contributed by atoms with E-state index in [0.717, 1.165) is 38.5 Å². The maximum Gasteiger partial charge on any atom is 0.421 e. The van der Waals surface area contributed by atoms with Crippen LogP contribution in [0.25, 0.3) is 0 Å². The van der Waals surface area contributed by atoms with E-state index in [4.69, 9.17) is 4.74 Å². The highest BCUT2D eigenvalue weighted by molar-refractivity contribution is 5.80. The van der Waals surface area contributed by atoms with Crippen LogP contribution in [0, 0.1) is 5.92 Å². The first-order valence-corrected chi connectivity index (χ1v) is 10.2. The van der Waals surface area contributed by atoms with Gasteiger partial charge in [0.15, 0.2) is 5.96 Å². The highest BCUT2D eigenvalue weighted by atomic mass is 19.4. The monoisotopic (exact) mass is 415 g/mol. The van der Waals surface area contributed by atoms with Crippen LogP contribution in [-0.2, 0) is 6.18 Å². The smallest absolute Gasteiger partial charge is 0.421 e. The van der Waals surface area contributed by atoms with Gasteiger partial charge in [0.1, 0.15) is 12.2 Å². The Kier molecular flexibility index (Phi) is 9.00. The fraction of sp³-hybridized carbons (Fsp3) is 0.700. The molecule has 1 aromatic heterocycles. The lowest BCUT2D eigenvalue weighted by Crippen LogP contribution is -2.49. The maximum atomic E-state index is 13.0. The predicted octanol–water partition coefficient (Wildman–Crippen LogP) is 3.15. The highest BCUT2D eigenvalue weighted by Gasteiger charge is 2.35. The lowest BCUT2D eigenvalue weighted by Gasteiger charge is -2.34. The van der Waals surface area contributed by atoms with Crippen molar-refractivity contribution >= 4 is 5.96 Å². The third-order valence-corrected chi connectivity index (χ3v) is 4.57. The van der Waals surface area contributed by atoms with Crippen molar-refractivity contribution in [3.05, 3.63) is 23.9 Å². The lowest BCUT2D eigenvalue weighted by molar-refractivity contribution is -0.139. The lowest BCUT2D eigenvalue weighted by atomic mass is 10.0. The summed E-state index contributed by atoms with van der Waals surface area (Å²) >= 11 is 0. The molecule has 1 aliphatic rings. The molecule has 1 fully saturated rings. The van der Waals surface area contributed by atoms with Gasteiger partial charge in [-0.05, 0) is 37.8 Å². The van der Waals surface area contributed by atoms with Gasteiger partial charge in [-0.25, -0.2) is 9.98 Å². The first-order valence-electron chi connectivity index (χ1n) is 10.2. The molecule has 0 bridgehead atoms. The van der Waals surface area contributed by atoms with Crippen molar-refractivity contribution in [1.29, 1.82) is 0 Å². The van der Waals surface area contributed by atoms with Gasteiger partial charge >= 0.3 is 6.18 Å². The number of nitrogens with one attached hydrogen (secondary N) is 2. The van der Waals surface area contributed by atoms with Crippen molar-refractivity contribution < 1.29 is 17.9 Å². The molecule has 29 heavy (non-hydrogen) atoms. The zero-order chi connectivity index (χ0) is 21.3. The van der Waals surface area contributed by atoms with Crippen molar-refractivity contribution in [2.45, 2.75) is 45.8 Å². The van der Waals surface area contributed by atoms with Crippen molar-refractivity contribution in [3.8, 4) is 5.88 Å². The second kappa shape index (κ2) is 11.2. The number of piperidine rings is 1. The molecule has 0 radical (unpaired) electrons. The van der Waals surface area contributed by atoms with Crippen LogP contribution in [0.3, 0.4) is 0 Å². The van der Waals surface area contributed by atoms with Crippen molar-refractivity contribution in [3.63, 3.8) is 0 Å². The minimum Gasteiger partial charge on any atom is -0.475 e. The molecule has 2 rings (SSSR count). The van der Waals surface area contributed by atoms with Crippen LogP contribution in [0.2, 0.25) is 0 Å². The molecule has 0 unspecified atom stereocenters. The Bertz CT molecular complexity index is 643. The number of rotatable bonds is 8.